The van der Waals surface area contributed by atoms with Crippen LogP contribution in [0.4, 0.5) is 13.2 Å². The van der Waals surface area contributed by atoms with E-state index in [1.54, 1.807) is 11.8 Å². The quantitative estimate of drug-likeness (QED) is 0.565. The molecule has 2 aromatic carbocycles. The van der Waals surface area contributed by atoms with E-state index in [1.165, 1.54) is 0 Å². The average Bonchev–Trinajstić information content (AvgIpc) is 3.18. The lowest BCUT2D eigenvalue weighted by atomic mass is 9.97. The first-order valence-electron chi connectivity index (χ1n) is 10.0. The van der Waals surface area contributed by atoms with Crippen LogP contribution in [0.5, 0.6) is 5.75 Å². The van der Waals surface area contributed by atoms with E-state index in [2.05, 4.69) is 0 Å². The zero-order valence-electron chi connectivity index (χ0n) is 16.8. The highest BCUT2D eigenvalue weighted by Crippen LogP contribution is 2.34. The third-order valence-electron chi connectivity index (χ3n) is 5.54. The molecule has 1 fully saturated rings. The molecule has 1 aromatic heterocycles. The fourth-order valence-corrected chi connectivity index (χ4v) is 3.94. The minimum atomic E-state index is -4.15. The molecule has 1 atom stereocenters. The summed E-state index contributed by atoms with van der Waals surface area (Å²) in [5.41, 5.74) is 3.50. The van der Waals surface area contributed by atoms with Crippen molar-refractivity contribution in [3.63, 3.8) is 0 Å². The topological polar surface area (TPSA) is 30.3 Å². The maximum Gasteiger partial charge on any atom is 0.393 e. The summed E-state index contributed by atoms with van der Waals surface area (Å²) < 4.78 is 46.7. The normalized spacial score (nSPS) is 17.8. The van der Waals surface area contributed by atoms with Crippen LogP contribution in [0.2, 0.25) is 0 Å². The highest BCUT2D eigenvalue weighted by Gasteiger charge is 2.41. The second kappa shape index (κ2) is 8.52. The van der Waals surface area contributed by atoms with Crippen molar-refractivity contribution < 1.29 is 17.9 Å². The van der Waals surface area contributed by atoms with Crippen LogP contribution in [0, 0.1) is 5.92 Å². The van der Waals surface area contributed by atoms with Gasteiger partial charge in [-0.1, -0.05) is 18.2 Å². The lowest BCUT2D eigenvalue weighted by Gasteiger charge is -2.33. The number of methoxy groups -OCH3 is 1. The number of piperidine rings is 1. The van der Waals surface area contributed by atoms with Crippen LogP contribution in [0.15, 0.2) is 60.8 Å². The summed E-state index contributed by atoms with van der Waals surface area (Å²) >= 11 is 0. The van der Waals surface area contributed by atoms with Gasteiger partial charge in [0.15, 0.2) is 0 Å². The van der Waals surface area contributed by atoms with Gasteiger partial charge in [0.2, 0.25) is 0 Å². The van der Waals surface area contributed by atoms with Gasteiger partial charge >= 0.3 is 6.18 Å². The summed E-state index contributed by atoms with van der Waals surface area (Å²) in [6.07, 6.45) is -1.47. The van der Waals surface area contributed by atoms with Crippen LogP contribution in [0.1, 0.15) is 18.4 Å². The van der Waals surface area contributed by atoms with E-state index in [0.717, 1.165) is 28.3 Å². The van der Waals surface area contributed by atoms with Crippen molar-refractivity contribution in [2.24, 2.45) is 5.92 Å². The lowest BCUT2D eigenvalue weighted by molar-refractivity contribution is -0.187. The molecule has 0 bridgehead atoms. The van der Waals surface area contributed by atoms with Gasteiger partial charge in [-0.2, -0.15) is 18.3 Å². The molecule has 1 aliphatic heterocycles. The standard InChI is InChI=1S/C23H24F3N3O/c1-30-21-11-9-17(10-12-21)22-18(15-29(27-22)20-7-3-2-4-8-20)14-28-13-5-6-19(16-28)23(24,25)26/h2-4,7-12,15,19H,5-6,13-14,16H2,1H3. The number of ether oxygens (including phenoxy) is 1. The Balaban J connectivity index is 1.65. The third-order valence-corrected chi connectivity index (χ3v) is 5.54. The van der Waals surface area contributed by atoms with Crippen molar-refractivity contribution in [1.82, 2.24) is 14.7 Å². The number of hydrogen-bond donors (Lipinski definition) is 0. The van der Waals surface area contributed by atoms with Crippen LogP contribution in [-0.2, 0) is 6.54 Å². The van der Waals surface area contributed by atoms with E-state index in [-0.39, 0.29) is 13.0 Å². The summed E-state index contributed by atoms with van der Waals surface area (Å²) in [7, 11) is 1.61. The van der Waals surface area contributed by atoms with Gasteiger partial charge in [-0.25, -0.2) is 4.68 Å². The number of aromatic nitrogens is 2. The minimum absolute atomic E-state index is 0.0298. The number of likely N-dealkylation sites (tertiary alicyclic amines) is 1. The van der Waals surface area contributed by atoms with Gasteiger partial charge in [-0.05, 0) is 55.8 Å². The molecule has 1 unspecified atom stereocenters. The van der Waals surface area contributed by atoms with Crippen LogP contribution in [0.25, 0.3) is 16.9 Å². The predicted molar refractivity (Wildman–Crippen MR) is 110 cm³/mol. The molecule has 0 amide bonds. The van der Waals surface area contributed by atoms with Gasteiger partial charge in [0.05, 0.1) is 24.4 Å². The van der Waals surface area contributed by atoms with Crippen molar-refractivity contribution in [1.29, 1.82) is 0 Å². The summed E-state index contributed by atoms with van der Waals surface area (Å²) in [5.74, 6) is -0.522. The molecule has 30 heavy (non-hydrogen) atoms. The summed E-state index contributed by atoms with van der Waals surface area (Å²) in [6, 6.07) is 17.3. The van der Waals surface area contributed by atoms with Crippen molar-refractivity contribution >= 4 is 0 Å². The van der Waals surface area contributed by atoms with Crippen LogP contribution >= 0.6 is 0 Å². The Kier molecular flexibility index (Phi) is 5.81. The van der Waals surface area contributed by atoms with Gasteiger partial charge in [0, 0.05) is 30.4 Å². The van der Waals surface area contributed by atoms with E-state index >= 15 is 0 Å². The second-order valence-electron chi connectivity index (χ2n) is 7.63. The average molecular weight is 415 g/mol. The molecule has 1 saturated heterocycles. The first-order valence-corrected chi connectivity index (χ1v) is 10.0. The zero-order valence-corrected chi connectivity index (χ0v) is 16.8. The van der Waals surface area contributed by atoms with Crippen LogP contribution in [-0.4, -0.2) is 41.1 Å². The molecule has 0 radical (unpaired) electrons. The number of halogens is 3. The first kappa shape index (κ1) is 20.5. The highest BCUT2D eigenvalue weighted by molar-refractivity contribution is 5.64. The Bertz CT molecular complexity index is 968. The number of benzene rings is 2. The molecule has 0 N–H and O–H groups in total. The summed E-state index contributed by atoms with van der Waals surface area (Å²) in [6.45, 7) is 1.12. The number of alkyl halides is 3. The minimum Gasteiger partial charge on any atom is -0.497 e. The molecule has 4 rings (SSSR count). The number of para-hydroxylation sites is 1. The maximum atomic E-state index is 13.2. The van der Waals surface area contributed by atoms with Crippen molar-refractivity contribution in [2.45, 2.75) is 25.6 Å². The van der Waals surface area contributed by atoms with Gasteiger partial charge in [0.25, 0.3) is 0 Å². The molecule has 4 nitrogen and oxygen atoms in total. The molecule has 0 aliphatic carbocycles. The molecule has 3 aromatic rings. The van der Waals surface area contributed by atoms with Crippen LogP contribution in [0.3, 0.4) is 0 Å². The summed E-state index contributed by atoms with van der Waals surface area (Å²) in [5, 5.41) is 4.77. The highest BCUT2D eigenvalue weighted by atomic mass is 19.4. The molecule has 0 spiro atoms. The van der Waals surface area contributed by atoms with Gasteiger partial charge in [-0.3, -0.25) is 4.90 Å². The van der Waals surface area contributed by atoms with Crippen molar-refractivity contribution in [2.75, 3.05) is 20.2 Å². The largest absolute Gasteiger partial charge is 0.497 e. The van der Waals surface area contributed by atoms with Gasteiger partial charge in [0.1, 0.15) is 5.75 Å². The van der Waals surface area contributed by atoms with E-state index in [4.69, 9.17) is 9.84 Å². The molecular weight excluding hydrogens is 391 g/mol. The van der Waals surface area contributed by atoms with E-state index < -0.39 is 12.1 Å². The third kappa shape index (κ3) is 4.51. The Morgan fingerprint density at radius 2 is 1.80 bits per heavy atom. The van der Waals surface area contributed by atoms with Gasteiger partial charge in [-0.15, -0.1) is 0 Å². The van der Waals surface area contributed by atoms with Crippen molar-refractivity contribution in [3.8, 4) is 22.7 Å². The second-order valence-corrected chi connectivity index (χ2v) is 7.63. The molecular formula is C23H24F3N3O. The maximum absolute atomic E-state index is 13.2. The fourth-order valence-electron chi connectivity index (χ4n) is 3.94. The lowest BCUT2D eigenvalue weighted by Crippen LogP contribution is -2.41. The fraction of sp³-hybridized carbons (Fsp3) is 0.348. The Morgan fingerprint density at radius 1 is 1.07 bits per heavy atom. The first-order chi connectivity index (χ1) is 14.4. The molecule has 0 saturated carbocycles. The molecule has 158 valence electrons. The predicted octanol–water partition coefficient (Wildman–Crippen LogP) is 5.32. The Labute approximate surface area is 173 Å². The van der Waals surface area contributed by atoms with E-state index in [1.807, 2.05) is 65.7 Å². The zero-order chi connectivity index (χ0) is 21.1. The molecule has 1 aliphatic rings. The monoisotopic (exact) mass is 415 g/mol. The number of rotatable bonds is 5. The molecule has 2 heterocycles. The Hall–Kier alpha value is -2.80. The number of nitrogens with zero attached hydrogens (tertiary/aromatic N) is 3. The SMILES string of the molecule is COc1ccc(-c2nn(-c3ccccc3)cc2CN2CCCC(C(F)(F)F)C2)cc1. The van der Waals surface area contributed by atoms with Gasteiger partial charge < -0.3 is 4.74 Å². The smallest absolute Gasteiger partial charge is 0.393 e. The Morgan fingerprint density at radius 3 is 2.47 bits per heavy atom. The van der Waals surface area contributed by atoms with E-state index in [9.17, 15) is 13.2 Å². The van der Waals surface area contributed by atoms with E-state index in [0.29, 0.717) is 19.5 Å². The van der Waals surface area contributed by atoms with Crippen LogP contribution < -0.4 is 4.74 Å². The van der Waals surface area contributed by atoms with Crippen molar-refractivity contribution in [3.05, 3.63) is 66.4 Å². The number of hydrogen-bond acceptors (Lipinski definition) is 3. The summed E-state index contributed by atoms with van der Waals surface area (Å²) in [4.78, 5) is 1.89. The molecule has 7 heteroatoms.